The zero-order valence-electron chi connectivity index (χ0n) is 18.9. The number of carbonyl (C=O) groups excluding carboxylic acids is 1. The van der Waals surface area contributed by atoms with Crippen LogP contribution in [0.1, 0.15) is 45.6 Å². The van der Waals surface area contributed by atoms with Gasteiger partial charge in [0.1, 0.15) is 6.07 Å². The summed E-state index contributed by atoms with van der Waals surface area (Å²) in [7, 11) is 0. The number of hydrogen-bond acceptors (Lipinski definition) is 5. The Bertz CT molecular complexity index is 1390. The van der Waals surface area contributed by atoms with Crippen LogP contribution in [0.3, 0.4) is 0 Å². The molecule has 4 aliphatic rings. The zero-order chi connectivity index (χ0) is 22.9. The number of anilines is 1. The van der Waals surface area contributed by atoms with E-state index in [1.165, 1.54) is 5.56 Å². The van der Waals surface area contributed by atoms with Gasteiger partial charge in [0.05, 0.1) is 41.4 Å². The van der Waals surface area contributed by atoms with Gasteiger partial charge in [-0.1, -0.05) is 6.07 Å². The molecule has 1 saturated heterocycles. The lowest BCUT2D eigenvalue weighted by Crippen LogP contribution is -2.39. The number of rotatable bonds is 2. The first-order valence-electron chi connectivity index (χ1n) is 12.1. The monoisotopic (exact) mass is 451 g/mol. The molecule has 170 valence electrons. The van der Waals surface area contributed by atoms with Crippen LogP contribution in [-0.4, -0.2) is 48.7 Å². The molecule has 2 aromatic heterocycles. The molecule has 0 unspecified atom stereocenters. The standard InChI is InChI=1S/C27H25N5O2/c28-13-18-11-16(2-4-22(18)32-7-9-34-10-8-32)21-12-20-17(14-29-21)1-3-19-23-25(31-24(19)20)27(5-6-27)15-30-26(23)33/h2,4,11-12,14,31H,1,3,5-10,15H2,(H,30,33). The molecule has 1 aromatic carbocycles. The summed E-state index contributed by atoms with van der Waals surface area (Å²) in [5.74, 6) is 0.0557. The number of pyridine rings is 1. The van der Waals surface area contributed by atoms with Gasteiger partial charge in [0.2, 0.25) is 0 Å². The second-order valence-corrected chi connectivity index (χ2v) is 9.86. The summed E-state index contributed by atoms with van der Waals surface area (Å²) in [5.41, 5.74) is 10.0. The SMILES string of the molecule is N#Cc1cc(-c2cc3c(cn2)CCc2c-3[nH]c3c2C(=O)NCC32CC2)ccc1N1CCOCC1. The van der Waals surface area contributed by atoms with E-state index in [4.69, 9.17) is 9.72 Å². The van der Waals surface area contributed by atoms with Crippen LogP contribution in [0.5, 0.6) is 0 Å². The van der Waals surface area contributed by atoms with Gasteiger partial charge in [0.15, 0.2) is 0 Å². The summed E-state index contributed by atoms with van der Waals surface area (Å²) >= 11 is 0. The van der Waals surface area contributed by atoms with Crippen molar-refractivity contribution in [2.75, 3.05) is 37.7 Å². The molecule has 0 bridgehead atoms. The largest absolute Gasteiger partial charge is 0.378 e. The first-order chi connectivity index (χ1) is 16.7. The molecule has 34 heavy (non-hydrogen) atoms. The van der Waals surface area contributed by atoms with Crippen molar-refractivity contribution in [2.24, 2.45) is 0 Å². The van der Waals surface area contributed by atoms with Crippen LogP contribution < -0.4 is 10.2 Å². The number of aryl methyl sites for hydroxylation is 1. The highest BCUT2D eigenvalue weighted by molar-refractivity contribution is 6.01. The smallest absolute Gasteiger partial charge is 0.253 e. The lowest BCUT2D eigenvalue weighted by atomic mass is 9.86. The van der Waals surface area contributed by atoms with Crippen LogP contribution in [0.2, 0.25) is 0 Å². The quantitative estimate of drug-likeness (QED) is 0.623. The maximum atomic E-state index is 12.8. The van der Waals surface area contributed by atoms with Crippen molar-refractivity contribution < 1.29 is 9.53 Å². The van der Waals surface area contributed by atoms with Gasteiger partial charge in [-0.25, -0.2) is 0 Å². The number of hydrogen-bond donors (Lipinski definition) is 2. The van der Waals surface area contributed by atoms with E-state index in [1.807, 2.05) is 18.3 Å². The molecule has 3 aromatic rings. The summed E-state index contributed by atoms with van der Waals surface area (Å²) in [6.07, 6.45) is 5.94. The van der Waals surface area contributed by atoms with Crippen molar-refractivity contribution >= 4 is 11.6 Å². The van der Waals surface area contributed by atoms with E-state index in [1.54, 1.807) is 0 Å². The lowest BCUT2D eigenvalue weighted by Gasteiger charge is -2.29. The molecule has 7 rings (SSSR count). The maximum absolute atomic E-state index is 12.8. The van der Waals surface area contributed by atoms with Gasteiger partial charge in [0, 0.05) is 48.1 Å². The van der Waals surface area contributed by atoms with Gasteiger partial charge in [-0.3, -0.25) is 9.78 Å². The molecule has 1 spiro atoms. The number of carbonyl (C=O) groups is 1. The average molecular weight is 452 g/mol. The van der Waals surface area contributed by atoms with Gasteiger partial charge >= 0.3 is 0 Å². The molecule has 0 radical (unpaired) electrons. The minimum atomic E-state index is 0.0557. The Balaban J connectivity index is 1.31. The van der Waals surface area contributed by atoms with E-state index in [2.05, 4.69) is 33.4 Å². The van der Waals surface area contributed by atoms with Crippen LogP contribution in [-0.2, 0) is 23.0 Å². The fourth-order valence-electron chi connectivity index (χ4n) is 5.87. The third kappa shape index (κ3) is 2.85. The van der Waals surface area contributed by atoms with Crippen molar-refractivity contribution in [3.8, 4) is 28.6 Å². The highest BCUT2D eigenvalue weighted by Crippen LogP contribution is 2.52. The third-order valence-corrected chi connectivity index (χ3v) is 7.97. The molecule has 7 heteroatoms. The maximum Gasteiger partial charge on any atom is 0.253 e. The van der Waals surface area contributed by atoms with Crippen LogP contribution in [0.25, 0.3) is 22.5 Å². The van der Waals surface area contributed by atoms with E-state index < -0.39 is 0 Å². The number of aromatic nitrogens is 2. The molecule has 2 fully saturated rings. The second kappa shape index (κ2) is 7.18. The van der Waals surface area contributed by atoms with Crippen molar-refractivity contribution in [3.05, 3.63) is 58.4 Å². The summed E-state index contributed by atoms with van der Waals surface area (Å²) in [5, 5.41) is 13.0. The van der Waals surface area contributed by atoms with E-state index in [0.29, 0.717) is 18.8 Å². The summed E-state index contributed by atoms with van der Waals surface area (Å²) in [4.78, 5) is 23.4. The minimum absolute atomic E-state index is 0.0557. The van der Waals surface area contributed by atoms with Gasteiger partial charge in [-0.2, -0.15) is 5.26 Å². The van der Waals surface area contributed by atoms with Gasteiger partial charge in [-0.05, 0) is 55.0 Å². The Morgan fingerprint density at radius 1 is 1.15 bits per heavy atom. The molecule has 7 nitrogen and oxygen atoms in total. The summed E-state index contributed by atoms with van der Waals surface area (Å²) < 4.78 is 5.46. The molecule has 4 heterocycles. The Kier molecular flexibility index (Phi) is 4.18. The van der Waals surface area contributed by atoms with Crippen LogP contribution in [0.15, 0.2) is 30.5 Å². The molecule has 2 aliphatic heterocycles. The normalized spacial score (nSPS) is 19.6. The van der Waals surface area contributed by atoms with Crippen LogP contribution >= 0.6 is 0 Å². The van der Waals surface area contributed by atoms with Gasteiger partial charge in [0.25, 0.3) is 5.91 Å². The fourth-order valence-corrected chi connectivity index (χ4v) is 5.87. The molecule has 1 saturated carbocycles. The first-order valence-corrected chi connectivity index (χ1v) is 12.1. The third-order valence-electron chi connectivity index (χ3n) is 7.97. The first kappa shape index (κ1) is 19.8. The van der Waals surface area contributed by atoms with Gasteiger partial charge < -0.3 is 19.9 Å². The number of H-pyrrole nitrogens is 1. The van der Waals surface area contributed by atoms with E-state index >= 15 is 0 Å². The summed E-state index contributed by atoms with van der Waals surface area (Å²) in [6.45, 7) is 3.68. The average Bonchev–Trinajstić information content (AvgIpc) is 3.55. The van der Waals surface area contributed by atoms with Crippen LogP contribution in [0, 0.1) is 11.3 Å². The molecule has 2 N–H and O–H groups in total. The number of fused-ring (bicyclic) bond motifs is 6. The number of amides is 1. The Morgan fingerprint density at radius 2 is 2.00 bits per heavy atom. The van der Waals surface area contributed by atoms with Crippen molar-refractivity contribution in [1.82, 2.24) is 15.3 Å². The number of aromatic amines is 1. The molecule has 1 amide bonds. The molecule has 0 atom stereocenters. The van der Waals surface area contributed by atoms with Crippen molar-refractivity contribution in [2.45, 2.75) is 31.1 Å². The lowest BCUT2D eigenvalue weighted by molar-refractivity contribution is 0.0936. The predicted octanol–water partition coefficient (Wildman–Crippen LogP) is 3.33. The second-order valence-electron chi connectivity index (χ2n) is 9.86. The Morgan fingerprint density at radius 3 is 2.79 bits per heavy atom. The highest BCUT2D eigenvalue weighted by Gasteiger charge is 2.51. The number of nitrogens with one attached hydrogen (secondary N) is 2. The van der Waals surface area contributed by atoms with Crippen molar-refractivity contribution in [3.63, 3.8) is 0 Å². The number of benzene rings is 1. The topological polar surface area (TPSA) is 94.0 Å². The van der Waals surface area contributed by atoms with Gasteiger partial charge in [-0.15, -0.1) is 0 Å². The molecular formula is C27H25N5O2. The number of morpholine rings is 1. The number of ether oxygens (including phenoxy) is 1. The number of nitriles is 1. The van der Waals surface area contributed by atoms with Crippen molar-refractivity contribution in [1.29, 1.82) is 5.26 Å². The predicted molar refractivity (Wildman–Crippen MR) is 128 cm³/mol. The van der Waals surface area contributed by atoms with E-state index in [-0.39, 0.29) is 11.3 Å². The van der Waals surface area contributed by atoms with Crippen LogP contribution in [0.4, 0.5) is 5.69 Å². The fraction of sp³-hybridized carbons (Fsp3) is 0.370. The zero-order valence-corrected chi connectivity index (χ0v) is 18.9. The summed E-state index contributed by atoms with van der Waals surface area (Å²) in [6, 6.07) is 10.5. The molecular weight excluding hydrogens is 426 g/mol. The molecule has 2 aliphatic carbocycles. The highest BCUT2D eigenvalue weighted by atomic mass is 16.5. The van der Waals surface area contributed by atoms with E-state index in [9.17, 15) is 10.1 Å². The minimum Gasteiger partial charge on any atom is -0.378 e. The number of nitrogens with zero attached hydrogens (tertiary/aromatic N) is 3. The Labute approximate surface area is 197 Å². The van der Waals surface area contributed by atoms with E-state index in [0.717, 1.165) is 90.3 Å². The Hall–Kier alpha value is -3.63.